The van der Waals surface area contributed by atoms with E-state index < -0.39 is 5.91 Å². The van der Waals surface area contributed by atoms with Crippen LogP contribution in [0.1, 0.15) is 22.5 Å². The summed E-state index contributed by atoms with van der Waals surface area (Å²) < 4.78 is 16.3. The molecule has 0 N–H and O–H groups in total. The highest BCUT2D eigenvalue weighted by molar-refractivity contribution is 5.96. The molecule has 3 rings (SSSR count). The predicted octanol–water partition coefficient (Wildman–Crippen LogP) is 3.84. The zero-order chi connectivity index (χ0) is 19.9. The SMILES string of the molecule is COc1cccc(/C=N\N(CCC#N)C(=O)c2cc3ccccc3o2)c1OC. The molecule has 1 aromatic heterocycles. The molecule has 0 saturated carbocycles. The lowest BCUT2D eigenvalue weighted by Gasteiger charge is -2.15. The maximum atomic E-state index is 12.9. The van der Waals surface area contributed by atoms with Gasteiger partial charge < -0.3 is 13.9 Å². The first-order valence-electron chi connectivity index (χ1n) is 8.60. The van der Waals surface area contributed by atoms with Gasteiger partial charge in [-0.3, -0.25) is 4.79 Å². The Morgan fingerprint density at radius 1 is 1.21 bits per heavy atom. The van der Waals surface area contributed by atoms with Crippen molar-refractivity contribution >= 4 is 23.1 Å². The van der Waals surface area contributed by atoms with Crippen LogP contribution >= 0.6 is 0 Å². The molecule has 3 aromatic rings. The zero-order valence-corrected chi connectivity index (χ0v) is 15.6. The molecular formula is C21H19N3O4. The van der Waals surface area contributed by atoms with E-state index in [1.165, 1.54) is 18.3 Å². The van der Waals surface area contributed by atoms with Gasteiger partial charge in [-0.2, -0.15) is 10.4 Å². The fourth-order valence-electron chi connectivity index (χ4n) is 2.73. The summed E-state index contributed by atoms with van der Waals surface area (Å²) >= 11 is 0. The summed E-state index contributed by atoms with van der Waals surface area (Å²) in [5.41, 5.74) is 1.26. The number of methoxy groups -OCH3 is 2. The molecule has 142 valence electrons. The third kappa shape index (κ3) is 3.96. The molecule has 1 amide bonds. The Balaban J connectivity index is 1.91. The minimum atomic E-state index is -0.426. The van der Waals surface area contributed by atoms with Gasteiger partial charge in [-0.05, 0) is 24.3 Å². The van der Waals surface area contributed by atoms with Crippen LogP contribution in [0.2, 0.25) is 0 Å². The summed E-state index contributed by atoms with van der Waals surface area (Å²) in [4.78, 5) is 12.9. The van der Waals surface area contributed by atoms with Crippen LogP contribution in [0, 0.1) is 11.3 Å². The average Bonchev–Trinajstić information content (AvgIpc) is 3.17. The summed E-state index contributed by atoms with van der Waals surface area (Å²) in [5.74, 6) is 0.794. The molecule has 0 bridgehead atoms. The Hall–Kier alpha value is -3.79. The standard InChI is InChI=1S/C21H19N3O4/c1-26-18-10-5-8-16(20(18)27-2)14-23-24(12-6-11-22)21(25)19-13-15-7-3-4-9-17(15)28-19/h3-5,7-10,13-14H,6,12H2,1-2H3/b23-14-. The van der Waals surface area contributed by atoms with E-state index in [2.05, 4.69) is 5.10 Å². The first-order valence-corrected chi connectivity index (χ1v) is 8.60. The molecular weight excluding hydrogens is 358 g/mol. The number of carbonyl (C=O) groups is 1. The molecule has 0 aliphatic carbocycles. The molecule has 0 saturated heterocycles. The van der Waals surface area contributed by atoms with Crippen LogP contribution in [0.4, 0.5) is 0 Å². The number of carbonyl (C=O) groups excluding carboxylic acids is 1. The van der Waals surface area contributed by atoms with Crippen LogP contribution in [0.15, 0.2) is 58.0 Å². The minimum absolute atomic E-state index is 0.134. The quantitative estimate of drug-likeness (QED) is 0.461. The van der Waals surface area contributed by atoms with Crippen LogP contribution in [0.5, 0.6) is 11.5 Å². The maximum absolute atomic E-state index is 12.9. The van der Waals surface area contributed by atoms with Crippen LogP contribution in [-0.4, -0.2) is 37.9 Å². The van der Waals surface area contributed by atoms with Gasteiger partial charge in [0.15, 0.2) is 17.3 Å². The molecule has 7 heteroatoms. The van der Waals surface area contributed by atoms with E-state index in [0.29, 0.717) is 22.6 Å². The van der Waals surface area contributed by atoms with Crippen molar-refractivity contribution in [3.8, 4) is 17.6 Å². The summed E-state index contributed by atoms with van der Waals surface area (Å²) in [6, 6.07) is 16.4. The van der Waals surface area contributed by atoms with Crippen molar-refractivity contribution in [2.24, 2.45) is 5.10 Å². The van der Waals surface area contributed by atoms with Crippen LogP contribution < -0.4 is 9.47 Å². The molecule has 1 heterocycles. The Morgan fingerprint density at radius 2 is 2.04 bits per heavy atom. The van der Waals surface area contributed by atoms with Crippen molar-refractivity contribution in [2.75, 3.05) is 20.8 Å². The molecule has 0 spiro atoms. The normalized spacial score (nSPS) is 10.8. The van der Waals surface area contributed by atoms with Crippen molar-refractivity contribution < 1.29 is 18.7 Å². The van der Waals surface area contributed by atoms with Crippen molar-refractivity contribution in [2.45, 2.75) is 6.42 Å². The molecule has 0 radical (unpaired) electrons. The molecule has 0 unspecified atom stereocenters. The summed E-state index contributed by atoms with van der Waals surface area (Å²) in [5, 5.41) is 15.2. The highest BCUT2D eigenvalue weighted by Gasteiger charge is 2.19. The molecule has 0 fully saturated rings. The third-order valence-electron chi connectivity index (χ3n) is 4.08. The molecule has 2 aromatic carbocycles. The number of hydrogen-bond acceptors (Lipinski definition) is 6. The fraction of sp³-hybridized carbons (Fsp3) is 0.190. The monoisotopic (exact) mass is 377 g/mol. The van der Waals surface area contributed by atoms with Crippen LogP contribution in [-0.2, 0) is 0 Å². The molecule has 0 aliphatic rings. The number of fused-ring (bicyclic) bond motifs is 1. The summed E-state index contributed by atoms with van der Waals surface area (Å²) in [6.07, 6.45) is 1.64. The number of benzene rings is 2. The lowest BCUT2D eigenvalue weighted by molar-refractivity contribution is 0.0735. The van der Waals surface area contributed by atoms with Crippen molar-refractivity contribution in [3.63, 3.8) is 0 Å². The topological polar surface area (TPSA) is 88.1 Å². The number of hydrogen-bond donors (Lipinski definition) is 0. The van der Waals surface area contributed by atoms with Gasteiger partial charge in [-0.15, -0.1) is 0 Å². The Kier molecular flexibility index (Phi) is 5.92. The molecule has 7 nitrogen and oxygen atoms in total. The van der Waals surface area contributed by atoms with Gasteiger partial charge >= 0.3 is 5.91 Å². The largest absolute Gasteiger partial charge is 0.493 e. The van der Waals surface area contributed by atoms with E-state index in [4.69, 9.17) is 19.2 Å². The predicted molar refractivity (Wildman–Crippen MR) is 105 cm³/mol. The Bertz CT molecular complexity index is 1020. The van der Waals surface area contributed by atoms with Gasteiger partial charge in [-0.25, -0.2) is 5.01 Å². The van der Waals surface area contributed by atoms with Crippen molar-refractivity contribution in [3.05, 3.63) is 59.9 Å². The number of rotatable bonds is 7. The number of ether oxygens (including phenoxy) is 2. The number of amides is 1. The van der Waals surface area contributed by atoms with E-state index in [-0.39, 0.29) is 18.7 Å². The van der Waals surface area contributed by atoms with E-state index in [1.807, 2.05) is 24.3 Å². The van der Waals surface area contributed by atoms with Gasteiger partial charge in [0.2, 0.25) is 0 Å². The maximum Gasteiger partial charge on any atom is 0.309 e. The van der Waals surface area contributed by atoms with Gasteiger partial charge in [0.05, 0.1) is 39.5 Å². The number of nitriles is 1. The van der Waals surface area contributed by atoms with Crippen LogP contribution in [0.3, 0.4) is 0 Å². The molecule has 0 aliphatic heterocycles. The second-order valence-electron chi connectivity index (χ2n) is 5.81. The number of furan rings is 1. The lowest BCUT2D eigenvalue weighted by atomic mass is 10.2. The first-order chi connectivity index (χ1) is 13.7. The number of hydrazone groups is 1. The fourth-order valence-corrected chi connectivity index (χ4v) is 2.73. The van der Waals surface area contributed by atoms with Crippen LogP contribution in [0.25, 0.3) is 11.0 Å². The summed E-state index contributed by atoms with van der Waals surface area (Å²) in [6.45, 7) is 0.134. The average molecular weight is 377 g/mol. The van der Waals surface area contributed by atoms with E-state index in [9.17, 15) is 4.79 Å². The van der Waals surface area contributed by atoms with E-state index in [0.717, 1.165) is 5.39 Å². The van der Waals surface area contributed by atoms with Crippen molar-refractivity contribution in [1.29, 1.82) is 5.26 Å². The Morgan fingerprint density at radius 3 is 2.75 bits per heavy atom. The highest BCUT2D eigenvalue weighted by atomic mass is 16.5. The van der Waals surface area contributed by atoms with Gasteiger partial charge in [0.25, 0.3) is 0 Å². The summed E-state index contributed by atoms with van der Waals surface area (Å²) in [7, 11) is 3.07. The van der Waals surface area contributed by atoms with E-state index in [1.54, 1.807) is 37.4 Å². The van der Waals surface area contributed by atoms with Crippen molar-refractivity contribution in [1.82, 2.24) is 5.01 Å². The minimum Gasteiger partial charge on any atom is -0.493 e. The number of nitrogens with zero attached hydrogens (tertiary/aromatic N) is 3. The van der Waals surface area contributed by atoms with Gasteiger partial charge in [-0.1, -0.05) is 24.3 Å². The van der Waals surface area contributed by atoms with Gasteiger partial charge in [0.1, 0.15) is 5.58 Å². The van der Waals surface area contributed by atoms with E-state index >= 15 is 0 Å². The lowest BCUT2D eigenvalue weighted by Crippen LogP contribution is -2.26. The molecule has 28 heavy (non-hydrogen) atoms. The zero-order valence-electron chi connectivity index (χ0n) is 15.6. The number of para-hydroxylation sites is 2. The Labute approximate surface area is 162 Å². The van der Waals surface area contributed by atoms with Gasteiger partial charge in [0, 0.05) is 10.9 Å². The first kappa shape index (κ1) is 19.0. The second-order valence-corrected chi connectivity index (χ2v) is 5.81. The third-order valence-corrected chi connectivity index (χ3v) is 4.08. The highest BCUT2D eigenvalue weighted by Crippen LogP contribution is 2.29. The smallest absolute Gasteiger partial charge is 0.309 e. The second kappa shape index (κ2) is 8.73. The molecule has 0 atom stereocenters.